The second-order valence-corrected chi connectivity index (χ2v) is 20.2. The standard InChI is InChI=1S/C40H76N2O4/c1-33(2,3)37(13)25-29(26-38(14,41-37)34(4,5)6)45-31(43)23-21-19-17-18-20-22-24-32(44)46-30-27-39(15,35(7,8)9)42-40(16,28-30)36(10,11)12/h29-30,41-42H,17-28H2,1-16H3. The third-order valence-corrected chi connectivity index (χ3v) is 12.9. The minimum Gasteiger partial charge on any atom is -0.462 e. The molecule has 46 heavy (non-hydrogen) atoms. The fourth-order valence-electron chi connectivity index (χ4n) is 7.26. The van der Waals surface area contributed by atoms with Crippen molar-refractivity contribution in [3.8, 4) is 0 Å². The first-order chi connectivity index (χ1) is 20.6. The van der Waals surface area contributed by atoms with Gasteiger partial charge in [-0.25, -0.2) is 0 Å². The number of hydrogen-bond acceptors (Lipinski definition) is 6. The third-order valence-electron chi connectivity index (χ3n) is 12.9. The van der Waals surface area contributed by atoms with Gasteiger partial charge in [0.25, 0.3) is 0 Å². The van der Waals surface area contributed by atoms with Crippen LogP contribution in [0.5, 0.6) is 0 Å². The molecule has 2 saturated heterocycles. The monoisotopic (exact) mass is 649 g/mol. The van der Waals surface area contributed by atoms with Crippen LogP contribution in [-0.2, 0) is 19.1 Å². The average molecular weight is 649 g/mol. The Hall–Kier alpha value is -1.14. The number of piperidine rings is 2. The lowest BCUT2D eigenvalue weighted by atomic mass is 9.61. The zero-order valence-corrected chi connectivity index (χ0v) is 33.3. The third kappa shape index (κ3) is 10.2. The fourth-order valence-corrected chi connectivity index (χ4v) is 7.26. The smallest absolute Gasteiger partial charge is 0.306 e. The van der Waals surface area contributed by atoms with Crippen molar-refractivity contribution in [2.45, 2.75) is 222 Å². The van der Waals surface area contributed by atoms with Gasteiger partial charge in [-0.3, -0.25) is 9.59 Å². The highest BCUT2D eigenvalue weighted by Gasteiger charge is 2.54. The van der Waals surface area contributed by atoms with Crippen LogP contribution in [0.1, 0.15) is 188 Å². The molecule has 0 radical (unpaired) electrons. The molecule has 2 fully saturated rings. The van der Waals surface area contributed by atoms with Crippen LogP contribution in [-0.4, -0.2) is 46.3 Å². The molecule has 2 aliphatic rings. The van der Waals surface area contributed by atoms with Gasteiger partial charge in [0.05, 0.1) is 0 Å². The highest BCUT2D eigenvalue weighted by atomic mass is 16.5. The Kier molecular flexibility index (Phi) is 12.8. The summed E-state index contributed by atoms with van der Waals surface area (Å²) in [4.78, 5) is 25.8. The van der Waals surface area contributed by atoms with Crippen molar-refractivity contribution >= 4 is 11.9 Å². The molecule has 0 aromatic heterocycles. The van der Waals surface area contributed by atoms with Crippen molar-refractivity contribution in [3.05, 3.63) is 0 Å². The Morgan fingerprint density at radius 3 is 0.913 bits per heavy atom. The summed E-state index contributed by atoms with van der Waals surface area (Å²) in [7, 11) is 0. The fraction of sp³-hybridized carbons (Fsp3) is 0.950. The summed E-state index contributed by atoms with van der Waals surface area (Å²) in [6, 6.07) is 0. The molecule has 0 saturated carbocycles. The van der Waals surface area contributed by atoms with Gasteiger partial charge in [0.15, 0.2) is 0 Å². The largest absolute Gasteiger partial charge is 0.462 e. The molecule has 270 valence electrons. The number of carbonyl (C=O) groups is 2. The second kappa shape index (κ2) is 14.4. The van der Waals surface area contributed by atoms with Gasteiger partial charge >= 0.3 is 11.9 Å². The van der Waals surface area contributed by atoms with Crippen LogP contribution < -0.4 is 10.6 Å². The molecule has 0 aromatic rings. The van der Waals surface area contributed by atoms with Gasteiger partial charge in [-0.2, -0.15) is 0 Å². The van der Waals surface area contributed by atoms with E-state index in [1.807, 2.05) is 0 Å². The Morgan fingerprint density at radius 1 is 0.478 bits per heavy atom. The van der Waals surface area contributed by atoms with E-state index in [4.69, 9.17) is 9.47 Å². The lowest BCUT2D eigenvalue weighted by Gasteiger charge is -2.58. The van der Waals surface area contributed by atoms with E-state index in [0.717, 1.165) is 64.2 Å². The van der Waals surface area contributed by atoms with Crippen molar-refractivity contribution in [1.29, 1.82) is 0 Å². The molecule has 2 rings (SSSR count). The molecule has 6 heteroatoms. The summed E-state index contributed by atoms with van der Waals surface area (Å²) in [5.74, 6) is -0.129. The number of ether oxygens (including phenoxy) is 2. The topological polar surface area (TPSA) is 76.7 Å². The minimum atomic E-state index is -0.127. The van der Waals surface area contributed by atoms with Crippen LogP contribution in [0.25, 0.3) is 0 Å². The summed E-state index contributed by atoms with van der Waals surface area (Å²) in [5, 5.41) is 7.97. The van der Waals surface area contributed by atoms with Gasteiger partial charge < -0.3 is 20.1 Å². The predicted octanol–water partition coefficient (Wildman–Crippen LogP) is 9.92. The van der Waals surface area contributed by atoms with E-state index in [1.54, 1.807) is 0 Å². The number of nitrogens with one attached hydrogen (secondary N) is 2. The SMILES string of the molecule is CC(C)(C)C1(C)CC(OC(=O)CCCCCCCCC(=O)OC2CC(C)(C(C)(C)C)NC(C)(C(C)(C)C)C2)CC(C)(C(C)(C)C)N1. The molecule has 0 spiro atoms. The summed E-state index contributed by atoms with van der Waals surface area (Å²) in [6.45, 7) is 36.4. The maximum absolute atomic E-state index is 12.9. The van der Waals surface area contributed by atoms with Crippen LogP contribution in [0.4, 0.5) is 0 Å². The number of rotatable bonds is 11. The lowest BCUT2D eigenvalue weighted by Crippen LogP contribution is -2.70. The van der Waals surface area contributed by atoms with Crippen LogP contribution in [0.15, 0.2) is 0 Å². The lowest BCUT2D eigenvalue weighted by molar-refractivity contribution is -0.159. The molecule has 6 nitrogen and oxygen atoms in total. The molecule has 2 aliphatic heterocycles. The molecule has 0 aromatic carbocycles. The van der Waals surface area contributed by atoms with Crippen LogP contribution in [0, 0.1) is 21.7 Å². The van der Waals surface area contributed by atoms with E-state index in [2.05, 4.69) is 121 Å². The highest BCUT2D eigenvalue weighted by Crippen LogP contribution is 2.48. The van der Waals surface area contributed by atoms with Gasteiger partial charge in [0.1, 0.15) is 12.2 Å². The predicted molar refractivity (Wildman–Crippen MR) is 193 cm³/mol. The van der Waals surface area contributed by atoms with E-state index in [-0.39, 0.29) is 68.0 Å². The van der Waals surface area contributed by atoms with Crippen molar-refractivity contribution in [2.24, 2.45) is 21.7 Å². The van der Waals surface area contributed by atoms with E-state index in [1.165, 1.54) is 0 Å². The average Bonchev–Trinajstić information content (AvgIpc) is 2.82. The van der Waals surface area contributed by atoms with E-state index >= 15 is 0 Å². The first-order valence-electron chi connectivity index (χ1n) is 18.5. The summed E-state index contributed by atoms with van der Waals surface area (Å²) in [5.41, 5.74) is -0.356. The van der Waals surface area contributed by atoms with Crippen molar-refractivity contribution < 1.29 is 19.1 Å². The normalized spacial score (nSPS) is 33.0. The summed E-state index contributed by atoms with van der Waals surface area (Å²) >= 11 is 0. The molecule has 2 heterocycles. The molecule has 0 bridgehead atoms. The molecule has 4 unspecified atom stereocenters. The first-order valence-corrected chi connectivity index (χ1v) is 18.5. The quantitative estimate of drug-likeness (QED) is 0.172. The Morgan fingerprint density at radius 2 is 0.696 bits per heavy atom. The summed E-state index contributed by atoms with van der Waals surface area (Å²) in [6.07, 6.45) is 10.0. The van der Waals surface area contributed by atoms with Crippen LogP contribution >= 0.6 is 0 Å². The number of esters is 2. The Labute approximate surface area is 285 Å². The Bertz CT molecular complexity index is 890. The zero-order chi connectivity index (χ0) is 35.6. The summed E-state index contributed by atoms with van der Waals surface area (Å²) < 4.78 is 12.3. The van der Waals surface area contributed by atoms with Gasteiger partial charge in [-0.1, -0.05) is 109 Å². The number of unbranched alkanes of at least 4 members (excludes halogenated alkanes) is 5. The van der Waals surface area contributed by atoms with Gasteiger partial charge in [-0.05, 0) is 62.2 Å². The van der Waals surface area contributed by atoms with Crippen LogP contribution in [0.2, 0.25) is 0 Å². The maximum atomic E-state index is 12.9. The Balaban J connectivity index is 1.74. The first kappa shape index (κ1) is 41.0. The molecule has 0 amide bonds. The zero-order valence-electron chi connectivity index (χ0n) is 33.3. The number of carbonyl (C=O) groups excluding carboxylic acids is 2. The number of hydrogen-bond donors (Lipinski definition) is 2. The molecular weight excluding hydrogens is 572 g/mol. The molecular formula is C40H76N2O4. The van der Waals surface area contributed by atoms with Crippen LogP contribution in [0.3, 0.4) is 0 Å². The molecule has 2 N–H and O–H groups in total. The minimum absolute atomic E-state index is 0.0377. The van der Waals surface area contributed by atoms with E-state index < -0.39 is 0 Å². The second-order valence-electron chi connectivity index (χ2n) is 20.2. The van der Waals surface area contributed by atoms with Crippen molar-refractivity contribution in [1.82, 2.24) is 10.6 Å². The van der Waals surface area contributed by atoms with Crippen molar-refractivity contribution in [2.75, 3.05) is 0 Å². The van der Waals surface area contributed by atoms with Gasteiger partial charge in [-0.15, -0.1) is 0 Å². The van der Waals surface area contributed by atoms with Gasteiger partial charge in [0.2, 0.25) is 0 Å². The maximum Gasteiger partial charge on any atom is 0.306 e. The highest BCUT2D eigenvalue weighted by molar-refractivity contribution is 5.70. The molecule has 0 aliphatic carbocycles. The molecule has 4 atom stereocenters. The van der Waals surface area contributed by atoms with Gasteiger partial charge in [0, 0.05) is 60.7 Å². The van der Waals surface area contributed by atoms with E-state index in [9.17, 15) is 9.59 Å². The van der Waals surface area contributed by atoms with Crippen molar-refractivity contribution in [3.63, 3.8) is 0 Å². The van der Waals surface area contributed by atoms with E-state index in [0.29, 0.717) is 12.8 Å².